The summed E-state index contributed by atoms with van der Waals surface area (Å²) >= 11 is 0. The predicted octanol–water partition coefficient (Wildman–Crippen LogP) is 4.22. The van der Waals surface area contributed by atoms with Gasteiger partial charge in [0.15, 0.2) is 0 Å². The molecule has 1 unspecified atom stereocenters. The van der Waals surface area contributed by atoms with Crippen molar-refractivity contribution in [2.45, 2.75) is 69.9 Å². The lowest BCUT2D eigenvalue weighted by Crippen LogP contribution is -2.53. The number of benzene rings is 1. The first-order valence-electron chi connectivity index (χ1n) is 8.70. The fraction of sp³-hybridized carbons (Fsp3) is 0.684. The van der Waals surface area contributed by atoms with Crippen LogP contribution in [-0.4, -0.2) is 23.5 Å². The third kappa shape index (κ3) is 2.89. The van der Waals surface area contributed by atoms with Gasteiger partial charge in [0, 0.05) is 11.6 Å². The fourth-order valence-corrected chi connectivity index (χ4v) is 3.93. The van der Waals surface area contributed by atoms with Crippen molar-refractivity contribution in [1.82, 2.24) is 4.90 Å². The summed E-state index contributed by atoms with van der Waals surface area (Å²) in [6.45, 7) is 7.07. The number of nitrogens with two attached hydrogens (primary N) is 1. The van der Waals surface area contributed by atoms with Gasteiger partial charge < -0.3 is 5.73 Å². The monoisotopic (exact) mass is 286 g/mol. The second-order valence-corrected chi connectivity index (χ2v) is 7.44. The number of hydrogen-bond donors (Lipinski definition) is 1. The van der Waals surface area contributed by atoms with Gasteiger partial charge in [-0.3, -0.25) is 4.90 Å². The highest BCUT2D eigenvalue weighted by molar-refractivity contribution is 5.35. The smallest absolute Gasteiger partial charge is 0.0479 e. The van der Waals surface area contributed by atoms with Gasteiger partial charge in [0.1, 0.15) is 0 Å². The van der Waals surface area contributed by atoms with E-state index in [4.69, 9.17) is 5.73 Å². The van der Waals surface area contributed by atoms with E-state index in [2.05, 4.69) is 43.0 Å². The highest BCUT2D eigenvalue weighted by Gasteiger charge is 2.36. The molecular formula is C19H30N2. The summed E-state index contributed by atoms with van der Waals surface area (Å²) in [5.41, 5.74) is 9.72. The van der Waals surface area contributed by atoms with Crippen molar-refractivity contribution in [2.24, 2.45) is 5.73 Å². The Kier molecular flexibility index (Phi) is 4.37. The van der Waals surface area contributed by atoms with E-state index in [0.29, 0.717) is 0 Å². The van der Waals surface area contributed by atoms with E-state index < -0.39 is 0 Å². The van der Waals surface area contributed by atoms with Crippen LogP contribution in [0, 0.1) is 0 Å². The van der Waals surface area contributed by atoms with Gasteiger partial charge in [-0.2, -0.15) is 0 Å². The summed E-state index contributed by atoms with van der Waals surface area (Å²) in [7, 11) is 0. The number of piperidine rings is 1. The third-order valence-corrected chi connectivity index (χ3v) is 5.81. The van der Waals surface area contributed by atoms with Gasteiger partial charge in [0.05, 0.1) is 0 Å². The van der Waals surface area contributed by atoms with E-state index in [-0.39, 0.29) is 11.6 Å². The molecule has 0 aromatic heterocycles. The Morgan fingerprint density at radius 1 is 1.05 bits per heavy atom. The summed E-state index contributed by atoms with van der Waals surface area (Å²) in [5, 5.41) is 0. The molecule has 0 spiro atoms. The first kappa shape index (κ1) is 15.1. The van der Waals surface area contributed by atoms with Gasteiger partial charge in [0.25, 0.3) is 0 Å². The van der Waals surface area contributed by atoms with Crippen LogP contribution in [0.1, 0.15) is 75.5 Å². The van der Waals surface area contributed by atoms with E-state index in [1.165, 1.54) is 62.7 Å². The van der Waals surface area contributed by atoms with E-state index in [1.54, 1.807) is 0 Å². The Balaban J connectivity index is 1.84. The zero-order chi connectivity index (χ0) is 14.9. The normalized spacial score (nSPS) is 22.8. The zero-order valence-electron chi connectivity index (χ0n) is 13.6. The van der Waals surface area contributed by atoms with Crippen molar-refractivity contribution in [3.63, 3.8) is 0 Å². The molecule has 1 atom stereocenters. The molecule has 1 heterocycles. The average molecular weight is 286 g/mol. The molecule has 0 amide bonds. The van der Waals surface area contributed by atoms with Crippen LogP contribution in [-0.2, 0) is 0 Å². The first-order chi connectivity index (χ1) is 10.1. The number of nitrogens with zero attached hydrogens (tertiary/aromatic N) is 1. The Morgan fingerprint density at radius 2 is 1.71 bits per heavy atom. The minimum atomic E-state index is 0.0419. The van der Waals surface area contributed by atoms with E-state index in [9.17, 15) is 0 Å². The molecule has 2 heteroatoms. The number of hydrogen-bond acceptors (Lipinski definition) is 2. The Hall–Kier alpha value is -0.860. The molecule has 2 aliphatic rings. The molecule has 1 saturated heterocycles. The SMILES string of the molecule is CC(C)(C(N)c1ccccc1C1CCC1)N1CCCCC1. The lowest BCUT2D eigenvalue weighted by atomic mass is 9.74. The summed E-state index contributed by atoms with van der Waals surface area (Å²) in [6.07, 6.45) is 8.08. The van der Waals surface area contributed by atoms with Gasteiger partial charge in [0.2, 0.25) is 0 Å². The van der Waals surface area contributed by atoms with Crippen LogP contribution in [0.25, 0.3) is 0 Å². The Bertz CT molecular complexity index is 470. The Labute approximate surface area is 129 Å². The lowest BCUT2D eigenvalue weighted by molar-refractivity contribution is 0.0725. The average Bonchev–Trinajstić information content (AvgIpc) is 2.46. The maximum Gasteiger partial charge on any atom is 0.0479 e. The zero-order valence-corrected chi connectivity index (χ0v) is 13.6. The fourth-order valence-electron chi connectivity index (χ4n) is 3.93. The van der Waals surface area contributed by atoms with Crippen LogP contribution >= 0.6 is 0 Å². The van der Waals surface area contributed by atoms with Gasteiger partial charge in [-0.25, -0.2) is 0 Å². The molecule has 1 aromatic carbocycles. The molecule has 1 aliphatic heterocycles. The van der Waals surface area contributed by atoms with Crippen molar-refractivity contribution in [1.29, 1.82) is 0 Å². The topological polar surface area (TPSA) is 29.3 Å². The summed E-state index contributed by atoms with van der Waals surface area (Å²) in [6, 6.07) is 9.02. The number of rotatable bonds is 4. The summed E-state index contributed by atoms with van der Waals surface area (Å²) < 4.78 is 0. The van der Waals surface area contributed by atoms with Crippen molar-refractivity contribution >= 4 is 0 Å². The minimum absolute atomic E-state index is 0.0419. The third-order valence-electron chi connectivity index (χ3n) is 5.81. The van der Waals surface area contributed by atoms with Crippen molar-refractivity contribution < 1.29 is 0 Å². The van der Waals surface area contributed by atoms with Crippen LogP contribution in [0.4, 0.5) is 0 Å². The van der Waals surface area contributed by atoms with Gasteiger partial charge in [-0.05, 0) is 69.7 Å². The molecular weight excluding hydrogens is 256 g/mol. The van der Waals surface area contributed by atoms with Gasteiger partial charge >= 0.3 is 0 Å². The molecule has 0 bridgehead atoms. The van der Waals surface area contributed by atoms with Gasteiger partial charge in [-0.1, -0.05) is 37.1 Å². The van der Waals surface area contributed by atoms with E-state index in [0.717, 1.165) is 5.92 Å². The molecule has 116 valence electrons. The van der Waals surface area contributed by atoms with Crippen molar-refractivity contribution in [3.8, 4) is 0 Å². The maximum atomic E-state index is 6.78. The predicted molar refractivity (Wildman–Crippen MR) is 89.5 cm³/mol. The van der Waals surface area contributed by atoms with Crippen molar-refractivity contribution in [3.05, 3.63) is 35.4 Å². The summed E-state index contributed by atoms with van der Waals surface area (Å²) in [5.74, 6) is 0.754. The highest BCUT2D eigenvalue weighted by Crippen LogP contribution is 2.41. The molecule has 21 heavy (non-hydrogen) atoms. The standard InChI is InChI=1S/C19H30N2/c1-19(2,21-13-6-3-7-14-21)18(20)17-12-5-4-11-16(17)15-9-8-10-15/h4-5,11-12,15,18H,3,6-10,13-14,20H2,1-2H3. The lowest BCUT2D eigenvalue weighted by Gasteiger charge is -2.45. The van der Waals surface area contributed by atoms with Crippen molar-refractivity contribution in [2.75, 3.05) is 13.1 Å². The summed E-state index contributed by atoms with van der Waals surface area (Å²) in [4.78, 5) is 2.61. The second-order valence-electron chi connectivity index (χ2n) is 7.44. The molecule has 2 nitrogen and oxygen atoms in total. The van der Waals surface area contributed by atoms with Crippen LogP contribution in [0.5, 0.6) is 0 Å². The van der Waals surface area contributed by atoms with Crippen LogP contribution in [0.15, 0.2) is 24.3 Å². The Morgan fingerprint density at radius 3 is 2.33 bits per heavy atom. The first-order valence-corrected chi connectivity index (χ1v) is 8.70. The molecule has 1 aromatic rings. The molecule has 2 N–H and O–H groups in total. The van der Waals surface area contributed by atoms with E-state index >= 15 is 0 Å². The second kappa shape index (κ2) is 6.10. The molecule has 3 rings (SSSR count). The van der Waals surface area contributed by atoms with Crippen LogP contribution in [0.3, 0.4) is 0 Å². The minimum Gasteiger partial charge on any atom is -0.322 e. The largest absolute Gasteiger partial charge is 0.322 e. The van der Waals surface area contributed by atoms with E-state index in [1.807, 2.05) is 0 Å². The van der Waals surface area contributed by atoms with Crippen LogP contribution in [0.2, 0.25) is 0 Å². The van der Waals surface area contributed by atoms with Crippen LogP contribution < -0.4 is 5.73 Å². The quantitative estimate of drug-likeness (QED) is 0.898. The molecule has 1 saturated carbocycles. The van der Waals surface area contributed by atoms with Gasteiger partial charge in [-0.15, -0.1) is 0 Å². The number of likely N-dealkylation sites (tertiary alicyclic amines) is 1. The molecule has 1 aliphatic carbocycles. The molecule has 0 radical (unpaired) electrons. The maximum absolute atomic E-state index is 6.78. The highest BCUT2D eigenvalue weighted by atomic mass is 15.2. The molecule has 2 fully saturated rings.